The van der Waals surface area contributed by atoms with Crippen LogP contribution in [0.25, 0.3) is 10.9 Å². The molecule has 2 aromatic heterocycles. The molecule has 30 heavy (non-hydrogen) atoms. The lowest BCUT2D eigenvalue weighted by Crippen LogP contribution is -2.37. The predicted molar refractivity (Wildman–Crippen MR) is 112 cm³/mol. The lowest BCUT2D eigenvalue weighted by atomic mass is 9.93. The Hall–Kier alpha value is -2.84. The molecular weight excluding hydrogens is 385 g/mol. The molecule has 0 unspecified atom stereocenters. The van der Waals surface area contributed by atoms with E-state index in [9.17, 15) is 4.39 Å². The first-order valence-corrected chi connectivity index (χ1v) is 10.3. The summed E-state index contributed by atoms with van der Waals surface area (Å²) in [5, 5.41) is 4.54. The molecule has 2 saturated heterocycles. The van der Waals surface area contributed by atoms with Crippen LogP contribution in [0.1, 0.15) is 5.56 Å². The van der Waals surface area contributed by atoms with Gasteiger partial charge in [0.15, 0.2) is 11.6 Å². The van der Waals surface area contributed by atoms with Crippen LogP contribution in [0, 0.1) is 11.7 Å². The number of halogens is 1. The SMILES string of the molecule is Fc1cnc(N[C@@H]2COC[C@H]2Cc2ccnc3ccccc23)nc1N1CCOCC1. The van der Waals surface area contributed by atoms with E-state index in [1.54, 1.807) is 0 Å². The van der Waals surface area contributed by atoms with Gasteiger partial charge >= 0.3 is 0 Å². The topological polar surface area (TPSA) is 72.4 Å². The van der Waals surface area contributed by atoms with Gasteiger partial charge in [0, 0.05) is 30.6 Å². The highest BCUT2D eigenvalue weighted by molar-refractivity contribution is 5.81. The molecule has 156 valence electrons. The first-order valence-electron chi connectivity index (χ1n) is 10.3. The molecule has 2 aliphatic heterocycles. The Bertz CT molecular complexity index is 1020. The largest absolute Gasteiger partial charge is 0.379 e. The van der Waals surface area contributed by atoms with Crippen molar-refractivity contribution in [1.82, 2.24) is 15.0 Å². The Morgan fingerprint density at radius 2 is 1.93 bits per heavy atom. The van der Waals surface area contributed by atoms with Crippen molar-refractivity contribution in [2.45, 2.75) is 12.5 Å². The van der Waals surface area contributed by atoms with Gasteiger partial charge in [-0.15, -0.1) is 0 Å². The molecular formula is C22H24FN5O2. The fraction of sp³-hybridized carbons (Fsp3) is 0.409. The van der Waals surface area contributed by atoms with Crippen molar-refractivity contribution in [3.8, 4) is 0 Å². The number of ether oxygens (including phenoxy) is 2. The van der Waals surface area contributed by atoms with Gasteiger partial charge in [-0.2, -0.15) is 4.98 Å². The number of nitrogens with zero attached hydrogens (tertiary/aromatic N) is 4. The minimum Gasteiger partial charge on any atom is -0.379 e. The number of morpholine rings is 1. The van der Waals surface area contributed by atoms with Crippen molar-refractivity contribution in [3.05, 3.63) is 54.1 Å². The average Bonchev–Trinajstić information content (AvgIpc) is 3.22. The van der Waals surface area contributed by atoms with Crippen LogP contribution in [0.2, 0.25) is 0 Å². The first kappa shape index (κ1) is 19.1. The number of hydrogen-bond acceptors (Lipinski definition) is 7. The average molecular weight is 409 g/mol. The number of pyridine rings is 1. The molecule has 3 aromatic rings. The van der Waals surface area contributed by atoms with Crippen LogP contribution >= 0.6 is 0 Å². The zero-order chi connectivity index (χ0) is 20.3. The number of benzene rings is 1. The van der Waals surface area contributed by atoms with Gasteiger partial charge in [0.1, 0.15) is 0 Å². The zero-order valence-corrected chi connectivity index (χ0v) is 16.6. The van der Waals surface area contributed by atoms with Crippen LogP contribution in [0.3, 0.4) is 0 Å². The van der Waals surface area contributed by atoms with Gasteiger partial charge < -0.3 is 19.7 Å². The molecule has 0 saturated carbocycles. The molecule has 1 aromatic carbocycles. The van der Waals surface area contributed by atoms with Crippen molar-refractivity contribution in [2.24, 2.45) is 5.92 Å². The lowest BCUT2D eigenvalue weighted by molar-refractivity contribution is 0.122. The zero-order valence-electron chi connectivity index (χ0n) is 16.6. The fourth-order valence-electron chi connectivity index (χ4n) is 4.17. The van der Waals surface area contributed by atoms with E-state index in [-0.39, 0.29) is 12.0 Å². The van der Waals surface area contributed by atoms with E-state index in [1.165, 1.54) is 17.1 Å². The van der Waals surface area contributed by atoms with E-state index < -0.39 is 5.82 Å². The number of aromatic nitrogens is 3. The quantitative estimate of drug-likeness (QED) is 0.695. The van der Waals surface area contributed by atoms with Gasteiger partial charge in [0.05, 0.1) is 44.2 Å². The van der Waals surface area contributed by atoms with Crippen LogP contribution in [0.5, 0.6) is 0 Å². The molecule has 0 radical (unpaired) electrons. The highest BCUT2D eigenvalue weighted by Crippen LogP contribution is 2.26. The standard InChI is InChI=1S/C22H24FN5O2/c23-18-12-25-22(27-21(18)28-7-9-29-10-8-28)26-20-14-30-13-16(20)11-15-5-6-24-19-4-2-1-3-17(15)19/h1-6,12,16,20H,7-11,13-14H2,(H,25,26,27)/t16-,20-/m1/s1. The van der Waals surface area contributed by atoms with Crippen LogP contribution in [-0.2, 0) is 15.9 Å². The van der Waals surface area contributed by atoms with E-state index in [0.29, 0.717) is 51.3 Å². The highest BCUT2D eigenvalue weighted by atomic mass is 19.1. The van der Waals surface area contributed by atoms with Crippen molar-refractivity contribution >= 4 is 22.7 Å². The number of para-hydroxylation sites is 1. The molecule has 8 heteroatoms. The maximum Gasteiger partial charge on any atom is 0.225 e. The maximum atomic E-state index is 14.3. The number of anilines is 2. The van der Waals surface area contributed by atoms with Gasteiger partial charge in [0.25, 0.3) is 0 Å². The number of fused-ring (bicyclic) bond motifs is 1. The van der Waals surface area contributed by atoms with Gasteiger partial charge in [-0.3, -0.25) is 4.98 Å². The second-order valence-electron chi connectivity index (χ2n) is 7.70. The number of hydrogen-bond donors (Lipinski definition) is 1. The lowest BCUT2D eigenvalue weighted by Gasteiger charge is -2.28. The van der Waals surface area contributed by atoms with E-state index in [2.05, 4.69) is 32.4 Å². The van der Waals surface area contributed by atoms with E-state index in [4.69, 9.17) is 9.47 Å². The summed E-state index contributed by atoms with van der Waals surface area (Å²) in [6, 6.07) is 10.3. The Labute approximate surface area is 174 Å². The molecule has 1 N–H and O–H groups in total. The fourth-order valence-corrected chi connectivity index (χ4v) is 4.17. The summed E-state index contributed by atoms with van der Waals surface area (Å²) in [4.78, 5) is 15.0. The third-order valence-corrected chi connectivity index (χ3v) is 5.77. The molecule has 2 atom stereocenters. The summed E-state index contributed by atoms with van der Waals surface area (Å²) in [5.74, 6) is 0.602. The predicted octanol–water partition coefficient (Wildman–Crippen LogP) is 2.67. The molecule has 7 nitrogen and oxygen atoms in total. The van der Waals surface area contributed by atoms with E-state index in [0.717, 1.165) is 11.9 Å². The van der Waals surface area contributed by atoms with Crippen molar-refractivity contribution < 1.29 is 13.9 Å². The Morgan fingerprint density at radius 1 is 1.07 bits per heavy atom. The second kappa shape index (κ2) is 8.49. The Morgan fingerprint density at radius 3 is 2.83 bits per heavy atom. The molecule has 5 rings (SSSR count). The smallest absolute Gasteiger partial charge is 0.225 e. The van der Waals surface area contributed by atoms with E-state index >= 15 is 0 Å². The molecule has 2 aliphatic rings. The molecule has 0 bridgehead atoms. The third kappa shape index (κ3) is 3.93. The van der Waals surface area contributed by atoms with Gasteiger partial charge in [-0.1, -0.05) is 18.2 Å². The van der Waals surface area contributed by atoms with Crippen LogP contribution in [0.4, 0.5) is 16.2 Å². The summed E-state index contributed by atoms with van der Waals surface area (Å²) < 4.78 is 25.4. The highest BCUT2D eigenvalue weighted by Gasteiger charge is 2.30. The van der Waals surface area contributed by atoms with Gasteiger partial charge in [0.2, 0.25) is 5.95 Å². The number of nitrogens with one attached hydrogen (secondary N) is 1. The number of rotatable bonds is 5. The molecule has 0 aliphatic carbocycles. The minimum atomic E-state index is -0.412. The Balaban J connectivity index is 1.33. The summed E-state index contributed by atoms with van der Waals surface area (Å²) in [6.45, 7) is 3.62. The summed E-state index contributed by atoms with van der Waals surface area (Å²) >= 11 is 0. The second-order valence-corrected chi connectivity index (χ2v) is 7.70. The molecule has 0 amide bonds. The molecule has 4 heterocycles. The molecule has 0 spiro atoms. The van der Waals surface area contributed by atoms with Crippen LogP contribution in [0.15, 0.2) is 42.7 Å². The molecule has 2 fully saturated rings. The summed E-state index contributed by atoms with van der Waals surface area (Å²) in [6.07, 6.45) is 3.95. The minimum absolute atomic E-state index is 0.0555. The van der Waals surface area contributed by atoms with Crippen molar-refractivity contribution in [2.75, 3.05) is 49.7 Å². The Kier molecular flexibility index (Phi) is 5.42. The van der Waals surface area contributed by atoms with Crippen molar-refractivity contribution in [3.63, 3.8) is 0 Å². The van der Waals surface area contributed by atoms with Gasteiger partial charge in [-0.05, 0) is 24.1 Å². The van der Waals surface area contributed by atoms with Crippen LogP contribution in [-0.4, -0.2) is 60.5 Å². The monoisotopic (exact) mass is 409 g/mol. The maximum absolute atomic E-state index is 14.3. The van der Waals surface area contributed by atoms with Crippen LogP contribution < -0.4 is 10.2 Å². The summed E-state index contributed by atoms with van der Waals surface area (Å²) in [5.41, 5.74) is 2.24. The first-order chi connectivity index (χ1) is 14.8. The normalized spacial score (nSPS) is 21.8. The van der Waals surface area contributed by atoms with Gasteiger partial charge in [-0.25, -0.2) is 9.37 Å². The van der Waals surface area contributed by atoms with E-state index in [1.807, 2.05) is 29.3 Å². The summed E-state index contributed by atoms with van der Waals surface area (Å²) in [7, 11) is 0. The van der Waals surface area contributed by atoms with Crippen molar-refractivity contribution in [1.29, 1.82) is 0 Å². The third-order valence-electron chi connectivity index (χ3n) is 5.77.